The summed E-state index contributed by atoms with van der Waals surface area (Å²) in [5.41, 5.74) is 0.0766. The molecule has 0 aliphatic carbocycles. The third kappa shape index (κ3) is 3.39. The van der Waals surface area contributed by atoms with Gasteiger partial charge in [-0.05, 0) is 42.8 Å². The number of aromatic nitrogens is 1. The van der Waals surface area contributed by atoms with Gasteiger partial charge in [0.15, 0.2) is 0 Å². The van der Waals surface area contributed by atoms with E-state index >= 15 is 0 Å². The molecule has 1 aromatic heterocycles. The van der Waals surface area contributed by atoms with Crippen molar-refractivity contribution < 1.29 is 8.42 Å². The van der Waals surface area contributed by atoms with Gasteiger partial charge in [0, 0.05) is 48.6 Å². The summed E-state index contributed by atoms with van der Waals surface area (Å²) in [4.78, 5) is 6.49. The van der Waals surface area contributed by atoms with Crippen molar-refractivity contribution in [2.45, 2.75) is 31.2 Å². The highest BCUT2D eigenvalue weighted by atomic mass is 79.9. The second kappa shape index (κ2) is 5.71. The van der Waals surface area contributed by atoms with Crippen LogP contribution in [0.15, 0.2) is 27.8 Å². The fourth-order valence-electron chi connectivity index (χ4n) is 2.28. The molecule has 0 amide bonds. The molecule has 2 heterocycles. The van der Waals surface area contributed by atoms with Gasteiger partial charge in [-0.25, -0.2) is 8.42 Å². The molecule has 5 nitrogen and oxygen atoms in total. The van der Waals surface area contributed by atoms with Gasteiger partial charge in [0.2, 0.25) is 10.0 Å². The number of sulfonamides is 1. The lowest BCUT2D eigenvalue weighted by Crippen LogP contribution is -2.54. The van der Waals surface area contributed by atoms with Crippen molar-refractivity contribution in [2.24, 2.45) is 0 Å². The molecule has 0 radical (unpaired) electrons. The Morgan fingerprint density at radius 3 is 2.25 bits per heavy atom. The van der Waals surface area contributed by atoms with E-state index in [1.807, 2.05) is 0 Å². The molecular formula is C13H20BrN3O2S. The van der Waals surface area contributed by atoms with E-state index in [1.54, 1.807) is 16.6 Å². The average molecular weight is 362 g/mol. The van der Waals surface area contributed by atoms with Crippen molar-refractivity contribution in [1.82, 2.24) is 14.2 Å². The van der Waals surface area contributed by atoms with Crippen molar-refractivity contribution >= 4 is 26.0 Å². The van der Waals surface area contributed by atoms with E-state index in [1.165, 1.54) is 6.20 Å². The number of halogens is 1. The molecule has 0 N–H and O–H groups in total. The van der Waals surface area contributed by atoms with Gasteiger partial charge in [-0.15, -0.1) is 0 Å². The van der Waals surface area contributed by atoms with Gasteiger partial charge in [0.05, 0.1) is 0 Å². The van der Waals surface area contributed by atoms with Gasteiger partial charge in [0.25, 0.3) is 0 Å². The molecule has 112 valence electrons. The fourth-order valence-corrected chi connectivity index (χ4v) is 4.21. The van der Waals surface area contributed by atoms with Gasteiger partial charge < -0.3 is 0 Å². The van der Waals surface area contributed by atoms with E-state index in [9.17, 15) is 8.42 Å². The van der Waals surface area contributed by atoms with Crippen LogP contribution in [0, 0.1) is 0 Å². The van der Waals surface area contributed by atoms with Crippen LogP contribution >= 0.6 is 15.9 Å². The van der Waals surface area contributed by atoms with E-state index in [4.69, 9.17) is 0 Å². The molecule has 1 aliphatic heterocycles. The lowest BCUT2D eigenvalue weighted by molar-refractivity contribution is 0.0922. The SMILES string of the molecule is CC(C)(C)N1CCN(S(=O)(=O)c2cncc(Br)c2)CC1. The fraction of sp³-hybridized carbons (Fsp3) is 0.615. The predicted octanol–water partition coefficient (Wildman–Crippen LogP) is 1.95. The zero-order valence-electron chi connectivity index (χ0n) is 12.0. The molecule has 1 fully saturated rings. The van der Waals surface area contributed by atoms with Crippen molar-refractivity contribution in [3.05, 3.63) is 22.9 Å². The molecule has 0 aromatic carbocycles. The maximum absolute atomic E-state index is 12.5. The first-order chi connectivity index (χ1) is 9.21. The van der Waals surface area contributed by atoms with Crippen LogP contribution in [0.2, 0.25) is 0 Å². The number of hydrogen-bond donors (Lipinski definition) is 0. The summed E-state index contributed by atoms with van der Waals surface area (Å²) in [5, 5.41) is 0. The monoisotopic (exact) mass is 361 g/mol. The number of rotatable bonds is 2. The molecular weight excluding hydrogens is 342 g/mol. The minimum Gasteiger partial charge on any atom is -0.296 e. The third-order valence-electron chi connectivity index (χ3n) is 3.50. The quantitative estimate of drug-likeness (QED) is 0.807. The topological polar surface area (TPSA) is 53.5 Å². The predicted molar refractivity (Wildman–Crippen MR) is 82.0 cm³/mol. The zero-order valence-corrected chi connectivity index (χ0v) is 14.4. The Labute approximate surface area is 129 Å². The first-order valence-electron chi connectivity index (χ1n) is 6.57. The standard InChI is InChI=1S/C13H20BrN3O2S/c1-13(2,3)16-4-6-17(7-5-16)20(18,19)12-8-11(14)9-15-10-12/h8-10H,4-7H2,1-3H3. The van der Waals surface area contributed by atoms with Gasteiger partial charge in [-0.3, -0.25) is 9.88 Å². The van der Waals surface area contributed by atoms with E-state index in [0.717, 1.165) is 13.1 Å². The summed E-state index contributed by atoms with van der Waals surface area (Å²) >= 11 is 3.26. The summed E-state index contributed by atoms with van der Waals surface area (Å²) in [5.74, 6) is 0. The molecule has 0 atom stereocenters. The molecule has 0 bridgehead atoms. The minimum absolute atomic E-state index is 0.0766. The smallest absolute Gasteiger partial charge is 0.244 e. The number of piperazine rings is 1. The first-order valence-corrected chi connectivity index (χ1v) is 8.80. The number of pyridine rings is 1. The lowest BCUT2D eigenvalue weighted by Gasteiger charge is -2.41. The summed E-state index contributed by atoms with van der Waals surface area (Å²) < 4.78 is 27.3. The Morgan fingerprint density at radius 2 is 1.75 bits per heavy atom. The summed E-state index contributed by atoms with van der Waals surface area (Å²) in [6.07, 6.45) is 2.98. The maximum atomic E-state index is 12.5. The summed E-state index contributed by atoms with van der Waals surface area (Å²) in [6, 6.07) is 1.60. The van der Waals surface area contributed by atoms with Crippen LogP contribution in [-0.4, -0.2) is 54.3 Å². The highest BCUT2D eigenvalue weighted by Crippen LogP contribution is 2.22. The molecule has 1 aromatic rings. The zero-order chi connectivity index (χ0) is 15.0. The van der Waals surface area contributed by atoms with Crippen molar-refractivity contribution in [3.63, 3.8) is 0 Å². The third-order valence-corrected chi connectivity index (χ3v) is 5.80. The Hall–Kier alpha value is -0.500. The van der Waals surface area contributed by atoms with Crippen molar-refractivity contribution in [1.29, 1.82) is 0 Å². The Morgan fingerprint density at radius 1 is 1.15 bits per heavy atom. The van der Waals surface area contributed by atoms with Gasteiger partial charge in [-0.1, -0.05) is 0 Å². The first kappa shape index (κ1) is 15.9. The highest BCUT2D eigenvalue weighted by Gasteiger charge is 2.32. The minimum atomic E-state index is -3.44. The second-order valence-electron chi connectivity index (χ2n) is 5.90. The number of nitrogens with zero attached hydrogens (tertiary/aromatic N) is 3. The van der Waals surface area contributed by atoms with E-state index in [-0.39, 0.29) is 10.4 Å². The molecule has 2 rings (SSSR count). The number of hydrogen-bond acceptors (Lipinski definition) is 4. The lowest BCUT2D eigenvalue weighted by atomic mass is 10.1. The van der Waals surface area contributed by atoms with Gasteiger partial charge >= 0.3 is 0 Å². The van der Waals surface area contributed by atoms with Crippen molar-refractivity contribution in [3.8, 4) is 0 Å². The van der Waals surface area contributed by atoms with E-state index in [2.05, 4.69) is 46.6 Å². The van der Waals surface area contributed by atoms with Crippen LogP contribution in [0.5, 0.6) is 0 Å². The van der Waals surface area contributed by atoms with Crippen LogP contribution < -0.4 is 0 Å². The molecule has 1 saturated heterocycles. The maximum Gasteiger partial charge on any atom is 0.244 e. The van der Waals surface area contributed by atoms with Crippen LogP contribution in [0.1, 0.15) is 20.8 Å². The molecule has 0 spiro atoms. The van der Waals surface area contributed by atoms with Crippen LogP contribution in [0.4, 0.5) is 0 Å². The van der Waals surface area contributed by atoms with E-state index < -0.39 is 10.0 Å². The molecule has 0 unspecified atom stereocenters. The summed E-state index contributed by atoms with van der Waals surface area (Å²) in [7, 11) is -3.44. The van der Waals surface area contributed by atoms with Crippen LogP contribution in [0.3, 0.4) is 0 Å². The molecule has 0 saturated carbocycles. The largest absolute Gasteiger partial charge is 0.296 e. The Kier molecular flexibility index (Phi) is 4.53. The van der Waals surface area contributed by atoms with E-state index in [0.29, 0.717) is 17.6 Å². The van der Waals surface area contributed by atoms with Gasteiger partial charge in [0.1, 0.15) is 4.90 Å². The normalized spacial score (nSPS) is 19.2. The Balaban J connectivity index is 2.14. The van der Waals surface area contributed by atoms with Crippen LogP contribution in [0.25, 0.3) is 0 Å². The average Bonchev–Trinajstić information content (AvgIpc) is 2.38. The van der Waals surface area contributed by atoms with Crippen LogP contribution in [-0.2, 0) is 10.0 Å². The van der Waals surface area contributed by atoms with Gasteiger partial charge in [-0.2, -0.15) is 4.31 Å². The summed E-state index contributed by atoms with van der Waals surface area (Å²) in [6.45, 7) is 8.99. The molecule has 1 aliphatic rings. The molecule has 20 heavy (non-hydrogen) atoms. The Bertz CT molecular complexity index is 576. The second-order valence-corrected chi connectivity index (χ2v) is 8.75. The molecule has 7 heteroatoms. The highest BCUT2D eigenvalue weighted by molar-refractivity contribution is 9.10. The van der Waals surface area contributed by atoms with Crippen molar-refractivity contribution in [2.75, 3.05) is 26.2 Å².